The molecule has 0 aliphatic rings. The Morgan fingerprint density at radius 3 is 2.00 bits per heavy atom. The van der Waals surface area contributed by atoms with E-state index < -0.39 is 6.16 Å². The van der Waals surface area contributed by atoms with E-state index in [1.807, 2.05) is 0 Å². The molecular formula is C2H7O3P. The van der Waals surface area contributed by atoms with E-state index in [9.17, 15) is 0 Å². The molecule has 0 spiro atoms. The summed E-state index contributed by atoms with van der Waals surface area (Å²) in [6, 6.07) is 0. The van der Waals surface area contributed by atoms with Crippen molar-refractivity contribution in [2.75, 3.05) is 7.11 Å². The molecule has 0 saturated heterocycles. The molecule has 0 amide bonds. The maximum atomic E-state index is 9.15. The summed E-state index contributed by atoms with van der Waals surface area (Å²) in [5.41, 5.74) is 0. The highest BCUT2D eigenvalue weighted by molar-refractivity contribution is 6.92. The van der Waals surface area contributed by atoms with Crippen LogP contribution in [0.5, 0.6) is 0 Å². The molecule has 0 aromatic heterocycles. The van der Waals surface area contributed by atoms with Crippen molar-refractivity contribution in [3.63, 3.8) is 0 Å². The molecule has 38 valence electrons. The molecule has 0 radical (unpaired) electrons. The maximum absolute atomic E-state index is 9.15. The fraction of sp³-hybridized carbons (Fsp3) is 0.500. The fourth-order valence-corrected chi connectivity index (χ4v) is 0. The topological polar surface area (TPSA) is 46.5 Å². The Morgan fingerprint density at radius 1 is 1.83 bits per heavy atom. The van der Waals surface area contributed by atoms with Gasteiger partial charge in [0.15, 0.2) is 0 Å². The van der Waals surface area contributed by atoms with Crippen LogP contribution in [-0.4, -0.2) is 18.4 Å². The van der Waals surface area contributed by atoms with E-state index >= 15 is 0 Å². The van der Waals surface area contributed by atoms with Crippen LogP contribution in [0.15, 0.2) is 0 Å². The van der Waals surface area contributed by atoms with Crippen molar-refractivity contribution < 1.29 is 14.6 Å². The van der Waals surface area contributed by atoms with E-state index in [2.05, 4.69) is 4.74 Å². The zero-order valence-corrected chi connectivity index (χ0v) is 4.89. The molecule has 3 nitrogen and oxygen atoms in total. The van der Waals surface area contributed by atoms with Gasteiger partial charge in [0.2, 0.25) is 0 Å². The van der Waals surface area contributed by atoms with Crippen molar-refractivity contribution in [3.8, 4) is 0 Å². The number of hydrogen-bond donors (Lipinski definition) is 1. The monoisotopic (exact) mass is 110 g/mol. The van der Waals surface area contributed by atoms with Gasteiger partial charge in [-0.1, -0.05) is 0 Å². The van der Waals surface area contributed by atoms with Crippen molar-refractivity contribution in [2.24, 2.45) is 0 Å². The minimum Gasteiger partial charge on any atom is -0.450 e. The standard InChI is InChI=1S/C2H4O3.H3P/c1-5-2(3)4;/h1H3,(H,3,4);1H3. The van der Waals surface area contributed by atoms with Gasteiger partial charge in [-0.3, -0.25) is 0 Å². The van der Waals surface area contributed by atoms with Crippen molar-refractivity contribution in [1.29, 1.82) is 0 Å². The predicted molar refractivity (Wildman–Crippen MR) is 26.1 cm³/mol. The van der Waals surface area contributed by atoms with Gasteiger partial charge in [-0.15, -0.1) is 0 Å². The number of rotatable bonds is 0. The Hall–Kier alpha value is -0.300. The first-order valence-electron chi connectivity index (χ1n) is 1.04. The van der Waals surface area contributed by atoms with E-state index in [0.717, 1.165) is 7.11 Å². The highest BCUT2D eigenvalue weighted by Gasteiger charge is 1.80. The van der Waals surface area contributed by atoms with Crippen LogP contribution in [0.4, 0.5) is 4.79 Å². The average molecular weight is 110 g/mol. The van der Waals surface area contributed by atoms with Gasteiger partial charge in [-0.05, 0) is 0 Å². The second kappa shape index (κ2) is 4.70. The summed E-state index contributed by atoms with van der Waals surface area (Å²) in [5.74, 6) is 0. The maximum Gasteiger partial charge on any atom is 0.505 e. The van der Waals surface area contributed by atoms with Crippen LogP contribution in [0, 0.1) is 0 Å². The lowest BCUT2D eigenvalue weighted by molar-refractivity contribution is 0.114. The highest BCUT2D eigenvalue weighted by Crippen LogP contribution is 1.60. The average Bonchev–Trinajstić information content (AvgIpc) is 1.38. The van der Waals surface area contributed by atoms with Gasteiger partial charge >= 0.3 is 6.16 Å². The lowest BCUT2D eigenvalue weighted by atomic mass is 11.4. The molecule has 4 heteroatoms. The van der Waals surface area contributed by atoms with Gasteiger partial charge in [0.05, 0.1) is 7.11 Å². The normalized spacial score (nSPS) is 5.50. The van der Waals surface area contributed by atoms with Crippen LogP contribution < -0.4 is 0 Å². The van der Waals surface area contributed by atoms with Gasteiger partial charge in [0.25, 0.3) is 0 Å². The summed E-state index contributed by atoms with van der Waals surface area (Å²) >= 11 is 0. The van der Waals surface area contributed by atoms with Gasteiger partial charge in [0.1, 0.15) is 0 Å². The molecule has 0 fully saturated rings. The zero-order valence-electron chi connectivity index (χ0n) is 3.47. The molecule has 0 aromatic carbocycles. The minimum absolute atomic E-state index is 0. The number of hydrogen-bond acceptors (Lipinski definition) is 2. The summed E-state index contributed by atoms with van der Waals surface area (Å²) in [6.07, 6.45) is -1.25. The SMILES string of the molecule is COC(=O)O.P. The number of methoxy groups -OCH3 is 1. The van der Waals surface area contributed by atoms with E-state index in [4.69, 9.17) is 9.90 Å². The second-order valence-electron chi connectivity index (χ2n) is 0.470. The van der Waals surface area contributed by atoms with Gasteiger partial charge < -0.3 is 9.84 Å². The van der Waals surface area contributed by atoms with Crippen LogP contribution in [0.2, 0.25) is 0 Å². The van der Waals surface area contributed by atoms with Crippen LogP contribution in [-0.2, 0) is 4.74 Å². The van der Waals surface area contributed by atoms with Crippen LogP contribution in [0.3, 0.4) is 0 Å². The highest BCUT2D eigenvalue weighted by atomic mass is 31.0. The molecule has 6 heavy (non-hydrogen) atoms. The number of carbonyl (C=O) groups is 1. The van der Waals surface area contributed by atoms with Crippen molar-refractivity contribution in [1.82, 2.24) is 0 Å². The number of ether oxygens (including phenoxy) is 1. The molecule has 0 saturated carbocycles. The van der Waals surface area contributed by atoms with Crippen molar-refractivity contribution in [3.05, 3.63) is 0 Å². The van der Waals surface area contributed by atoms with E-state index in [1.54, 1.807) is 0 Å². The fourth-order valence-electron chi connectivity index (χ4n) is 0. The second-order valence-corrected chi connectivity index (χ2v) is 0.470. The summed E-state index contributed by atoms with van der Waals surface area (Å²) in [7, 11) is 1.10. The Labute approximate surface area is 38.9 Å². The van der Waals surface area contributed by atoms with E-state index in [-0.39, 0.29) is 9.90 Å². The van der Waals surface area contributed by atoms with Crippen LogP contribution in [0.1, 0.15) is 0 Å². The minimum atomic E-state index is -1.25. The molecule has 1 unspecified atom stereocenters. The van der Waals surface area contributed by atoms with Crippen molar-refractivity contribution in [2.45, 2.75) is 0 Å². The third-order valence-corrected chi connectivity index (χ3v) is 0.175. The Bertz CT molecular complexity index is 44.1. The molecular weight excluding hydrogens is 103 g/mol. The molecule has 0 aromatic rings. The zero-order chi connectivity index (χ0) is 4.28. The third-order valence-electron chi connectivity index (χ3n) is 0.175. The molecule has 0 rings (SSSR count). The predicted octanol–water partition coefficient (Wildman–Crippen LogP) is 0.369. The molecule has 0 aliphatic carbocycles. The third kappa shape index (κ3) is 9.33. The Kier molecular flexibility index (Phi) is 7.20. The molecule has 1 atom stereocenters. The summed E-state index contributed by atoms with van der Waals surface area (Å²) in [4.78, 5) is 9.15. The smallest absolute Gasteiger partial charge is 0.450 e. The quantitative estimate of drug-likeness (QED) is 0.362. The summed E-state index contributed by atoms with van der Waals surface area (Å²) in [5, 5.41) is 7.50. The van der Waals surface area contributed by atoms with E-state index in [0.29, 0.717) is 0 Å². The van der Waals surface area contributed by atoms with Gasteiger partial charge in [0, 0.05) is 0 Å². The molecule has 0 bridgehead atoms. The van der Waals surface area contributed by atoms with Crippen molar-refractivity contribution >= 4 is 16.1 Å². The first kappa shape index (κ1) is 9.20. The Morgan fingerprint density at radius 2 is 2.00 bits per heavy atom. The molecule has 0 heterocycles. The molecule has 0 aliphatic heterocycles. The first-order valence-corrected chi connectivity index (χ1v) is 1.04. The number of carboxylic acid groups (broad SMARTS) is 1. The van der Waals surface area contributed by atoms with Crippen LogP contribution in [0.25, 0.3) is 0 Å². The summed E-state index contributed by atoms with van der Waals surface area (Å²) < 4.78 is 3.67. The Balaban J connectivity index is 0. The van der Waals surface area contributed by atoms with Crippen LogP contribution >= 0.6 is 9.90 Å². The lowest BCUT2D eigenvalue weighted by Crippen LogP contribution is -1.91. The lowest BCUT2D eigenvalue weighted by Gasteiger charge is -1.79. The van der Waals surface area contributed by atoms with Gasteiger partial charge in [-0.2, -0.15) is 9.90 Å². The largest absolute Gasteiger partial charge is 0.505 e. The molecule has 1 N–H and O–H groups in total. The van der Waals surface area contributed by atoms with Gasteiger partial charge in [-0.25, -0.2) is 4.79 Å². The first-order chi connectivity index (χ1) is 2.27. The van der Waals surface area contributed by atoms with E-state index in [1.165, 1.54) is 0 Å². The summed E-state index contributed by atoms with van der Waals surface area (Å²) in [6.45, 7) is 0.